The Hall–Kier alpha value is -2.14. The normalized spacial score (nSPS) is 18.1. The van der Waals surface area contributed by atoms with Gasteiger partial charge in [-0.25, -0.2) is 0 Å². The molecule has 92 valence electrons. The Labute approximate surface area is 105 Å². The second-order valence-corrected chi connectivity index (χ2v) is 4.38. The molecule has 0 fully saturated rings. The number of nitrogens with zero attached hydrogens (tertiary/aromatic N) is 1. The molecule has 0 saturated carbocycles. The second-order valence-electron chi connectivity index (χ2n) is 4.38. The monoisotopic (exact) mass is 242 g/mol. The number of amides is 1. The van der Waals surface area contributed by atoms with Crippen LogP contribution in [0.2, 0.25) is 0 Å². The quantitative estimate of drug-likeness (QED) is 0.737. The van der Waals surface area contributed by atoms with Crippen molar-refractivity contribution in [2.45, 2.75) is 19.0 Å². The van der Waals surface area contributed by atoms with Gasteiger partial charge in [0.05, 0.1) is 17.9 Å². The predicted molar refractivity (Wildman–Crippen MR) is 68.0 cm³/mol. The number of fused-ring (bicyclic) bond motifs is 1. The highest BCUT2D eigenvalue weighted by Gasteiger charge is 2.23. The van der Waals surface area contributed by atoms with Crippen LogP contribution in [0.3, 0.4) is 0 Å². The lowest BCUT2D eigenvalue weighted by atomic mass is 9.95. The highest BCUT2D eigenvalue weighted by molar-refractivity contribution is 5.95. The standard InChI is InChI=1S/C13H14N4O/c18-13(17-11-7-15-16-8-11)12-5-9-3-1-2-4-10(9)6-14-12/h1-4,7-8,12,14H,5-6H2,(H,15,16)(H,17,18). The molecule has 0 saturated heterocycles. The molecule has 1 atom stereocenters. The van der Waals surface area contributed by atoms with Crippen LogP contribution in [0.5, 0.6) is 0 Å². The molecule has 3 rings (SSSR count). The van der Waals surface area contributed by atoms with E-state index in [0.717, 1.165) is 13.0 Å². The number of carbonyl (C=O) groups excluding carboxylic acids is 1. The summed E-state index contributed by atoms with van der Waals surface area (Å²) in [4.78, 5) is 12.1. The first-order chi connectivity index (χ1) is 8.83. The lowest BCUT2D eigenvalue weighted by molar-refractivity contribution is -0.118. The average Bonchev–Trinajstić information content (AvgIpc) is 2.91. The van der Waals surface area contributed by atoms with Gasteiger partial charge < -0.3 is 10.6 Å². The molecule has 5 nitrogen and oxygen atoms in total. The minimum absolute atomic E-state index is 0.0223. The van der Waals surface area contributed by atoms with E-state index >= 15 is 0 Å². The van der Waals surface area contributed by atoms with E-state index in [2.05, 4.69) is 33.0 Å². The summed E-state index contributed by atoms with van der Waals surface area (Å²) in [5.41, 5.74) is 3.20. The molecule has 18 heavy (non-hydrogen) atoms. The van der Waals surface area contributed by atoms with Crippen molar-refractivity contribution in [2.75, 3.05) is 5.32 Å². The van der Waals surface area contributed by atoms with Crippen molar-refractivity contribution in [3.05, 3.63) is 47.8 Å². The molecular weight excluding hydrogens is 228 g/mol. The van der Waals surface area contributed by atoms with Crippen molar-refractivity contribution < 1.29 is 4.79 Å². The first-order valence-electron chi connectivity index (χ1n) is 5.93. The molecule has 1 unspecified atom stereocenters. The van der Waals surface area contributed by atoms with Gasteiger partial charge in [-0.2, -0.15) is 5.10 Å². The summed E-state index contributed by atoms with van der Waals surface area (Å²) in [6.45, 7) is 0.736. The summed E-state index contributed by atoms with van der Waals surface area (Å²) in [6, 6.07) is 8.01. The SMILES string of the molecule is O=C(Nc1cn[nH]c1)C1Cc2ccccc2CN1. The van der Waals surface area contributed by atoms with E-state index in [0.29, 0.717) is 5.69 Å². The summed E-state index contributed by atoms with van der Waals surface area (Å²) in [5, 5.41) is 12.5. The Kier molecular flexibility index (Phi) is 2.82. The second kappa shape index (κ2) is 4.62. The van der Waals surface area contributed by atoms with Crippen LogP contribution in [0.15, 0.2) is 36.7 Å². The Morgan fingerprint density at radius 3 is 2.94 bits per heavy atom. The van der Waals surface area contributed by atoms with Crippen LogP contribution in [0.1, 0.15) is 11.1 Å². The molecule has 3 N–H and O–H groups in total. The molecule has 0 bridgehead atoms. The minimum Gasteiger partial charge on any atom is -0.322 e. The Balaban J connectivity index is 1.70. The molecule has 2 heterocycles. The third-order valence-corrected chi connectivity index (χ3v) is 3.16. The number of anilines is 1. The van der Waals surface area contributed by atoms with E-state index in [1.54, 1.807) is 12.4 Å². The molecule has 1 aromatic carbocycles. The third kappa shape index (κ3) is 2.12. The molecule has 5 heteroatoms. The first kappa shape index (κ1) is 11.0. The van der Waals surface area contributed by atoms with Gasteiger partial charge in [0.1, 0.15) is 0 Å². The van der Waals surface area contributed by atoms with Crippen LogP contribution in [0.25, 0.3) is 0 Å². The molecule has 0 aliphatic carbocycles. The van der Waals surface area contributed by atoms with E-state index in [4.69, 9.17) is 0 Å². The number of nitrogens with one attached hydrogen (secondary N) is 3. The average molecular weight is 242 g/mol. The van der Waals surface area contributed by atoms with Crippen molar-refractivity contribution in [2.24, 2.45) is 0 Å². The number of hydrogen-bond acceptors (Lipinski definition) is 3. The Morgan fingerprint density at radius 2 is 2.17 bits per heavy atom. The van der Waals surface area contributed by atoms with Crippen molar-refractivity contribution in [1.82, 2.24) is 15.5 Å². The number of rotatable bonds is 2. The molecule has 1 aromatic heterocycles. The minimum atomic E-state index is -0.185. The van der Waals surface area contributed by atoms with Crippen LogP contribution >= 0.6 is 0 Å². The maximum Gasteiger partial charge on any atom is 0.241 e. The van der Waals surface area contributed by atoms with Gasteiger partial charge in [-0.3, -0.25) is 9.89 Å². The van der Waals surface area contributed by atoms with Gasteiger partial charge in [-0.1, -0.05) is 24.3 Å². The summed E-state index contributed by atoms with van der Waals surface area (Å²) >= 11 is 0. The van der Waals surface area contributed by atoms with Crippen molar-refractivity contribution in [3.63, 3.8) is 0 Å². The van der Waals surface area contributed by atoms with Gasteiger partial charge in [0, 0.05) is 12.7 Å². The lowest BCUT2D eigenvalue weighted by Gasteiger charge is -2.25. The Bertz CT molecular complexity index is 550. The fraction of sp³-hybridized carbons (Fsp3) is 0.231. The molecule has 0 spiro atoms. The summed E-state index contributed by atoms with van der Waals surface area (Å²) in [7, 11) is 0. The smallest absolute Gasteiger partial charge is 0.241 e. The van der Waals surface area contributed by atoms with E-state index in [1.807, 2.05) is 12.1 Å². The molecule has 1 aliphatic heterocycles. The predicted octanol–water partition coefficient (Wildman–Crippen LogP) is 1.06. The van der Waals surface area contributed by atoms with Crippen LogP contribution in [0, 0.1) is 0 Å². The third-order valence-electron chi connectivity index (χ3n) is 3.16. The zero-order valence-corrected chi connectivity index (χ0v) is 9.81. The van der Waals surface area contributed by atoms with Crippen molar-refractivity contribution >= 4 is 11.6 Å². The summed E-state index contributed by atoms with van der Waals surface area (Å²) < 4.78 is 0. The number of aromatic nitrogens is 2. The number of carbonyl (C=O) groups is 1. The van der Waals surface area contributed by atoms with Crippen LogP contribution in [-0.4, -0.2) is 22.1 Å². The van der Waals surface area contributed by atoms with Gasteiger partial charge >= 0.3 is 0 Å². The largest absolute Gasteiger partial charge is 0.322 e. The van der Waals surface area contributed by atoms with Crippen LogP contribution < -0.4 is 10.6 Å². The Morgan fingerprint density at radius 1 is 1.33 bits per heavy atom. The summed E-state index contributed by atoms with van der Waals surface area (Å²) in [6.07, 6.45) is 3.98. The zero-order valence-electron chi connectivity index (χ0n) is 9.81. The number of hydrogen-bond donors (Lipinski definition) is 3. The van der Waals surface area contributed by atoms with Crippen LogP contribution in [0.4, 0.5) is 5.69 Å². The number of H-pyrrole nitrogens is 1. The van der Waals surface area contributed by atoms with E-state index in [1.165, 1.54) is 11.1 Å². The van der Waals surface area contributed by atoms with Gasteiger partial charge in [0.25, 0.3) is 0 Å². The summed E-state index contributed by atoms with van der Waals surface area (Å²) in [5.74, 6) is -0.0223. The van der Waals surface area contributed by atoms with E-state index in [9.17, 15) is 4.79 Å². The fourth-order valence-electron chi connectivity index (χ4n) is 2.19. The van der Waals surface area contributed by atoms with Crippen LogP contribution in [-0.2, 0) is 17.8 Å². The fourth-order valence-corrected chi connectivity index (χ4v) is 2.19. The lowest BCUT2D eigenvalue weighted by Crippen LogP contribution is -2.44. The first-order valence-corrected chi connectivity index (χ1v) is 5.93. The molecule has 1 amide bonds. The van der Waals surface area contributed by atoms with Gasteiger partial charge in [-0.05, 0) is 17.5 Å². The number of aromatic amines is 1. The van der Waals surface area contributed by atoms with Crippen molar-refractivity contribution in [3.8, 4) is 0 Å². The van der Waals surface area contributed by atoms with Crippen molar-refractivity contribution in [1.29, 1.82) is 0 Å². The molecular formula is C13H14N4O. The maximum atomic E-state index is 12.1. The van der Waals surface area contributed by atoms with E-state index in [-0.39, 0.29) is 11.9 Å². The zero-order chi connectivity index (χ0) is 12.4. The van der Waals surface area contributed by atoms with Gasteiger partial charge in [0.15, 0.2) is 0 Å². The topological polar surface area (TPSA) is 69.8 Å². The highest BCUT2D eigenvalue weighted by Crippen LogP contribution is 2.17. The van der Waals surface area contributed by atoms with E-state index < -0.39 is 0 Å². The van der Waals surface area contributed by atoms with Gasteiger partial charge in [-0.15, -0.1) is 0 Å². The highest BCUT2D eigenvalue weighted by atomic mass is 16.2. The van der Waals surface area contributed by atoms with Gasteiger partial charge in [0.2, 0.25) is 5.91 Å². The molecule has 2 aromatic rings. The maximum absolute atomic E-state index is 12.1. The molecule has 1 aliphatic rings. The number of benzene rings is 1. The molecule has 0 radical (unpaired) electrons.